The average Bonchev–Trinajstić information content (AvgIpc) is 2.50. The summed E-state index contributed by atoms with van der Waals surface area (Å²) in [7, 11) is 0. The molecule has 4 nitrogen and oxygen atoms in total. The molecular formula is C18H18ClNO3. The van der Waals surface area contributed by atoms with Gasteiger partial charge in [0.2, 0.25) is 0 Å². The molecule has 2 aromatic rings. The summed E-state index contributed by atoms with van der Waals surface area (Å²) in [5.41, 5.74) is 3.26. The molecular weight excluding hydrogens is 314 g/mol. The van der Waals surface area contributed by atoms with Crippen LogP contribution < -0.4 is 5.32 Å². The van der Waals surface area contributed by atoms with Crippen LogP contribution in [0.25, 0.3) is 0 Å². The molecule has 0 aliphatic carbocycles. The topological polar surface area (TPSA) is 55.4 Å². The maximum atomic E-state index is 11.9. The fourth-order valence-corrected chi connectivity index (χ4v) is 2.58. The molecule has 0 heterocycles. The highest BCUT2D eigenvalue weighted by atomic mass is 35.5. The van der Waals surface area contributed by atoms with E-state index in [-0.39, 0.29) is 13.0 Å². The van der Waals surface area contributed by atoms with Crippen molar-refractivity contribution >= 4 is 29.2 Å². The molecule has 0 aliphatic heterocycles. The molecule has 23 heavy (non-hydrogen) atoms. The Hall–Kier alpha value is -2.33. The fourth-order valence-electron chi connectivity index (χ4n) is 2.21. The second-order valence-electron chi connectivity index (χ2n) is 5.31. The standard InChI is InChI=1S/C18H18ClNO3/c1-12-8-13(2)18(15(19)9-12)20-16(21)11-23-17(22)10-14-6-4-3-5-7-14/h3-9H,10-11H2,1-2H3,(H,20,21). The number of anilines is 1. The Kier molecular flexibility index (Phi) is 5.77. The number of hydrogen-bond donors (Lipinski definition) is 1. The van der Waals surface area contributed by atoms with Crippen molar-refractivity contribution in [1.29, 1.82) is 0 Å². The molecule has 2 aromatic carbocycles. The molecule has 5 heteroatoms. The summed E-state index contributed by atoms with van der Waals surface area (Å²) in [6, 6.07) is 12.9. The number of rotatable bonds is 5. The molecule has 1 N–H and O–H groups in total. The quantitative estimate of drug-likeness (QED) is 0.850. The van der Waals surface area contributed by atoms with Gasteiger partial charge in [0.1, 0.15) is 0 Å². The van der Waals surface area contributed by atoms with Gasteiger partial charge in [-0.15, -0.1) is 0 Å². The summed E-state index contributed by atoms with van der Waals surface area (Å²) in [5.74, 6) is -0.863. The molecule has 2 rings (SSSR count). The third-order valence-electron chi connectivity index (χ3n) is 3.25. The van der Waals surface area contributed by atoms with E-state index in [1.54, 1.807) is 6.07 Å². The lowest BCUT2D eigenvalue weighted by Crippen LogP contribution is -2.22. The highest BCUT2D eigenvalue weighted by molar-refractivity contribution is 6.34. The van der Waals surface area contributed by atoms with Gasteiger partial charge in [0.15, 0.2) is 6.61 Å². The molecule has 0 saturated carbocycles. The van der Waals surface area contributed by atoms with Crippen molar-refractivity contribution in [3.8, 4) is 0 Å². The van der Waals surface area contributed by atoms with Gasteiger partial charge in [0.25, 0.3) is 5.91 Å². The van der Waals surface area contributed by atoms with Crippen LogP contribution in [0.4, 0.5) is 5.69 Å². The highest BCUT2D eigenvalue weighted by Gasteiger charge is 2.12. The predicted molar refractivity (Wildman–Crippen MR) is 90.7 cm³/mol. The summed E-state index contributed by atoms with van der Waals surface area (Å²) < 4.78 is 4.99. The van der Waals surface area contributed by atoms with E-state index in [9.17, 15) is 9.59 Å². The summed E-state index contributed by atoms with van der Waals surface area (Å²) in [5, 5.41) is 3.14. The van der Waals surface area contributed by atoms with Crippen LogP contribution in [0.5, 0.6) is 0 Å². The first-order valence-electron chi connectivity index (χ1n) is 7.22. The van der Waals surface area contributed by atoms with E-state index in [0.29, 0.717) is 10.7 Å². The second-order valence-corrected chi connectivity index (χ2v) is 5.72. The van der Waals surface area contributed by atoms with Crippen molar-refractivity contribution < 1.29 is 14.3 Å². The largest absolute Gasteiger partial charge is 0.455 e. The molecule has 0 saturated heterocycles. The number of amides is 1. The number of halogens is 1. The molecule has 0 unspecified atom stereocenters. The number of aryl methyl sites for hydroxylation is 2. The van der Waals surface area contributed by atoms with Gasteiger partial charge in [0.05, 0.1) is 17.1 Å². The Morgan fingerprint density at radius 2 is 1.83 bits per heavy atom. The molecule has 0 aromatic heterocycles. The van der Waals surface area contributed by atoms with E-state index in [4.69, 9.17) is 16.3 Å². The van der Waals surface area contributed by atoms with Crippen molar-refractivity contribution in [3.63, 3.8) is 0 Å². The predicted octanol–water partition coefficient (Wildman–Crippen LogP) is 3.68. The van der Waals surface area contributed by atoms with E-state index in [1.165, 1.54) is 0 Å². The number of esters is 1. The van der Waals surface area contributed by atoms with Crippen LogP contribution in [0.1, 0.15) is 16.7 Å². The van der Waals surface area contributed by atoms with Crippen molar-refractivity contribution in [2.45, 2.75) is 20.3 Å². The number of carbonyl (C=O) groups is 2. The maximum Gasteiger partial charge on any atom is 0.310 e. The minimum Gasteiger partial charge on any atom is -0.455 e. The second kappa shape index (κ2) is 7.79. The summed E-state index contributed by atoms with van der Waals surface area (Å²) in [6.45, 7) is 3.45. The lowest BCUT2D eigenvalue weighted by Gasteiger charge is -2.11. The van der Waals surface area contributed by atoms with Crippen LogP contribution in [0.2, 0.25) is 5.02 Å². The summed E-state index contributed by atoms with van der Waals surface area (Å²) >= 11 is 6.13. The lowest BCUT2D eigenvalue weighted by atomic mass is 10.1. The van der Waals surface area contributed by atoms with Gasteiger partial charge in [-0.25, -0.2) is 0 Å². The molecule has 0 bridgehead atoms. The number of nitrogens with one attached hydrogen (secondary N) is 1. The van der Waals surface area contributed by atoms with E-state index in [0.717, 1.165) is 16.7 Å². The number of hydrogen-bond acceptors (Lipinski definition) is 3. The molecule has 0 fully saturated rings. The molecule has 120 valence electrons. The Bertz CT molecular complexity index is 690. The van der Waals surface area contributed by atoms with E-state index < -0.39 is 11.9 Å². The minimum absolute atomic E-state index is 0.137. The van der Waals surface area contributed by atoms with Gasteiger partial charge in [-0.05, 0) is 36.6 Å². The van der Waals surface area contributed by atoms with Crippen LogP contribution in [-0.4, -0.2) is 18.5 Å². The smallest absolute Gasteiger partial charge is 0.310 e. The van der Waals surface area contributed by atoms with Gasteiger partial charge < -0.3 is 10.1 Å². The minimum atomic E-state index is -0.446. The van der Waals surface area contributed by atoms with Crippen molar-refractivity contribution in [1.82, 2.24) is 0 Å². The Morgan fingerprint density at radius 3 is 2.48 bits per heavy atom. The summed E-state index contributed by atoms with van der Waals surface area (Å²) in [6.07, 6.45) is 0.137. The van der Waals surface area contributed by atoms with Crippen LogP contribution in [-0.2, 0) is 20.7 Å². The van der Waals surface area contributed by atoms with Gasteiger partial charge >= 0.3 is 5.97 Å². The number of carbonyl (C=O) groups excluding carboxylic acids is 2. The zero-order valence-corrected chi connectivity index (χ0v) is 13.8. The molecule has 0 aliphatic rings. The van der Waals surface area contributed by atoms with Gasteiger partial charge in [-0.3, -0.25) is 9.59 Å². The number of ether oxygens (including phenoxy) is 1. The van der Waals surface area contributed by atoms with Crippen LogP contribution in [0.3, 0.4) is 0 Å². The van der Waals surface area contributed by atoms with Gasteiger partial charge in [-0.2, -0.15) is 0 Å². The third kappa shape index (κ3) is 5.11. The van der Waals surface area contributed by atoms with Crippen molar-refractivity contribution in [2.75, 3.05) is 11.9 Å². The Labute approximate surface area is 140 Å². The van der Waals surface area contributed by atoms with E-state index in [1.807, 2.05) is 50.2 Å². The first-order valence-corrected chi connectivity index (χ1v) is 7.59. The monoisotopic (exact) mass is 331 g/mol. The van der Waals surface area contributed by atoms with E-state index >= 15 is 0 Å². The van der Waals surface area contributed by atoms with Crippen molar-refractivity contribution in [3.05, 3.63) is 64.2 Å². The van der Waals surface area contributed by atoms with Crippen LogP contribution >= 0.6 is 11.6 Å². The van der Waals surface area contributed by atoms with Gasteiger partial charge in [-0.1, -0.05) is 48.0 Å². The zero-order valence-electron chi connectivity index (χ0n) is 13.1. The molecule has 1 amide bonds. The van der Waals surface area contributed by atoms with Crippen LogP contribution in [0, 0.1) is 13.8 Å². The summed E-state index contributed by atoms with van der Waals surface area (Å²) in [4.78, 5) is 23.6. The first-order chi connectivity index (χ1) is 11.0. The lowest BCUT2D eigenvalue weighted by molar-refractivity contribution is -0.146. The maximum absolute atomic E-state index is 11.9. The zero-order chi connectivity index (χ0) is 16.8. The first kappa shape index (κ1) is 17.0. The Morgan fingerprint density at radius 1 is 1.13 bits per heavy atom. The SMILES string of the molecule is Cc1cc(C)c(NC(=O)COC(=O)Cc2ccccc2)c(Cl)c1. The number of benzene rings is 2. The Balaban J connectivity index is 1.87. The average molecular weight is 332 g/mol. The molecule has 0 atom stereocenters. The van der Waals surface area contributed by atoms with E-state index in [2.05, 4.69) is 5.32 Å². The molecule has 0 radical (unpaired) electrons. The molecule has 0 spiro atoms. The normalized spacial score (nSPS) is 10.2. The van der Waals surface area contributed by atoms with Gasteiger partial charge in [0, 0.05) is 0 Å². The van der Waals surface area contributed by atoms with Crippen LogP contribution in [0.15, 0.2) is 42.5 Å². The highest BCUT2D eigenvalue weighted by Crippen LogP contribution is 2.27. The van der Waals surface area contributed by atoms with Crippen molar-refractivity contribution in [2.24, 2.45) is 0 Å². The fraction of sp³-hybridized carbons (Fsp3) is 0.222. The third-order valence-corrected chi connectivity index (χ3v) is 3.55.